The van der Waals surface area contributed by atoms with Gasteiger partial charge in [0.25, 0.3) is 0 Å². The first-order valence-electron chi connectivity index (χ1n) is 17.5. The minimum absolute atomic E-state index is 0.609. The normalized spacial score (nSPS) is 12.4. The first kappa shape index (κ1) is 29.9. The highest BCUT2D eigenvalue weighted by atomic mass is 16.3. The van der Waals surface area contributed by atoms with Gasteiger partial charge in [0, 0.05) is 44.7 Å². The molecule has 0 N–H and O–H groups in total. The lowest BCUT2D eigenvalue weighted by atomic mass is 10.1. The molecule has 0 radical (unpaired) electrons. The third-order valence-corrected chi connectivity index (χ3v) is 10.1. The number of para-hydroxylation sites is 3. The van der Waals surface area contributed by atoms with Crippen LogP contribution in [0.25, 0.3) is 82.6 Å². The predicted molar refractivity (Wildman–Crippen MR) is 219 cm³/mol. The van der Waals surface area contributed by atoms with Gasteiger partial charge < -0.3 is 13.6 Å². The van der Waals surface area contributed by atoms with E-state index in [9.17, 15) is 0 Å². The van der Waals surface area contributed by atoms with E-state index in [0.29, 0.717) is 11.5 Å². The van der Waals surface area contributed by atoms with E-state index in [-0.39, 0.29) is 0 Å². The molecular formula is C47H32N4O. The Bertz CT molecular complexity index is 3080. The van der Waals surface area contributed by atoms with Gasteiger partial charge in [0.2, 0.25) is 0 Å². The van der Waals surface area contributed by atoms with Crippen molar-refractivity contribution in [3.05, 3.63) is 175 Å². The zero-order valence-electron chi connectivity index (χ0n) is 28.5. The van der Waals surface area contributed by atoms with Crippen molar-refractivity contribution in [1.82, 2.24) is 9.13 Å². The quantitative estimate of drug-likeness (QED) is 0.133. The summed E-state index contributed by atoms with van der Waals surface area (Å²) >= 11 is 0. The summed E-state index contributed by atoms with van der Waals surface area (Å²) in [6, 6.07) is 55.0. The van der Waals surface area contributed by atoms with Gasteiger partial charge in [0.1, 0.15) is 11.2 Å². The van der Waals surface area contributed by atoms with Crippen molar-refractivity contribution in [2.45, 2.75) is 6.92 Å². The maximum atomic E-state index is 7.10. The third-order valence-electron chi connectivity index (χ3n) is 10.1. The third kappa shape index (κ3) is 4.49. The first-order valence-corrected chi connectivity index (χ1v) is 17.5. The molecule has 3 aromatic heterocycles. The summed E-state index contributed by atoms with van der Waals surface area (Å²) in [6.07, 6.45) is 1.77. The molecule has 0 saturated heterocycles. The van der Waals surface area contributed by atoms with E-state index in [2.05, 4.69) is 148 Å². The average Bonchev–Trinajstić information content (AvgIpc) is 3.86. The Hall–Kier alpha value is -6.98. The topological polar surface area (TPSA) is 47.7 Å². The Labute approximate surface area is 299 Å². The Morgan fingerprint density at radius 2 is 1.04 bits per heavy atom. The first-order chi connectivity index (χ1) is 25.7. The molecule has 0 aliphatic heterocycles. The molecule has 10 rings (SSSR count). The van der Waals surface area contributed by atoms with Crippen molar-refractivity contribution in [2.24, 2.45) is 9.98 Å². The SMILES string of the molecule is C=C(N=C(N=CC)c1cccc(-n2c3ccccc3c3c4oc5c(ccc6c5c5ccccc5n6-c5ccccc5)c4ccc32)c1)c1ccccc1. The van der Waals surface area contributed by atoms with Crippen LogP contribution in [0.4, 0.5) is 0 Å². The Kier molecular flexibility index (Phi) is 6.80. The van der Waals surface area contributed by atoms with Gasteiger partial charge in [-0.2, -0.15) is 0 Å². The minimum atomic E-state index is 0.609. The van der Waals surface area contributed by atoms with Crippen LogP contribution >= 0.6 is 0 Å². The van der Waals surface area contributed by atoms with Crippen molar-refractivity contribution >= 4 is 83.3 Å². The smallest absolute Gasteiger partial charge is 0.159 e. The summed E-state index contributed by atoms with van der Waals surface area (Å²) in [5.41, 5.74) is 10.9. The van der Waals surface area contributed by atoms with Crippen LogP contribution in [0.1, 0.15) is 18.1 Å². The number of hydrogen-bond donors (Lipinski definition) is 0. The van der Waals surface area contributed by atoms with E-state index in [1.807, 2.05) is 37.3 Å². The van der Waals surface area contributed by atoms with E-state index in [1.165, 1.54) is 5.39 Å². The second-order valence-electron chi connectivity index (χ2n) is 13.0. The summed E-state index contributed by atoms with van der Waals surface area (Å²) in [4.78, 5) is 9.56. The zero-order valence-corrected chi connectivity index (χ0v) is 28.5. The number of benzene rings is 7. The highest BCUT2D eigenvalue weighted by molar-refractivity contribution is 6.29. The predicted octanol–water partition coefficient (Wildman–Crippen LogP) is 12.3. The number of nitrogens with zero attached hydrogens (tertiary/aromatic N) is 4. The Morgan fingerprint density at radius 1 is 0.519 bits per heavy atom. The van der Waals surface area contributed by atoms with Crippen LogP contribution in [0, 0.1) is 0 Å². The van der Waals surface area contributed by atoms with Crippen LogP contribution in [0.15, 0.2) is 179 Å². The maximum absolute atomic E-state index is 7.10. The van der Waals surface area contributed by atoms with Crippen molar-refractivity contribution in [3.8, 4) is 11.4 Å². The molecule has 7 aromatic carbocycles. The average molecular weight is 669 g/mol. The number of amidine groups is 1. The van der Waals surface area contributed by atoms with Crippen LogP contribution in [0.5, 0.6) is 0 Å². The van der Waals surface area contributed by atoms with E-state index in [0.717, 1.165) is 82.7 Å². The molecule has 3 heterocycles. The fraction of sp³-hybridized carbons (Fsp3) is 0.0213. The summed E-state index contributed by atoms with van der Waals surface area (Å²) in [6.45, 7) is 6.15. The lowest BCUT2D eigenvalue weighted by Crippen LogP contribution is -2.01. The molecule has 5 heteroatoms. The van der Waals surface area contributed by atoms with Gasteiger partial charge >= 0.3 is 0 Å². The van der Waals surface area contributed by atoms with Gasteiger partial charge in [0.15, 0.2) is 5.84 Å². The van der Waals surface area contributed by atoms with Crippen LogP contribution in [0.3, 0.4) is 0 Å². The number of furan rings is 1. The number of fused-ring (bicyclic) bond motifs is 11. The lowest BCUT2D eigenvalue weighted by Gasteiger charge is -2.10. The summed E-state index contributed by atoms with van der Waals surface area (Å²) < 4.78 is 11.7. The molecule has 0 aliphatic carbocycles. The van der Waals surface area contributed by atoms with Gasteiger partial charge in [-0.3, -0.25) is 0 Å². The number of aromatic nitrogens is 2. The number of aliphatic imine (C=N–C) groups is 2. The summed E-state index contributed by atoms with van der Waals surface area (Å²) in [5.74, 6) is 0.609. The number of rotatable bonds is 5. The molecule has 0 atom stereocenters. The van der Waals surface area contributed by atoms with Crippen LogP contribution < -0.4 is 0 Å². The molecule has 0 spiro atoms. The largest absolute Gasteiger partial charge is 0.455 e. The van der Waals surface area contributed by atoms with E-state index < -0.39 is 0 Å². The fourth-order valence-corrected chi connectivity index (χ4v) is 7.83. The van der Waals surface area contributed by atoms with Gasteiger partial charge in [-0.15, -0.1) is 0 Å². The summed E-state index contributed by atoms with van der Waals surface area (Å²) in [7, 11) is 0. The molecule has 0 unspecified atom stereocenters. The highest BCUT2D eigenvalue weighted by Gasteiger charge is 2.22. The molecule has 0 fully saturated rings. The van der Waals surface area contributed by atoms with Gasteiger partial charge in [-0.1, -0.05) is 104 Å². The van der Waals surface area contributed by atoms with Crippen molar-refractivity contribution in [3.63, 3.8) is 0 Å². The molecule has 0 amide bonds. The summed E-state index contributed by atoms with van der Waals surface area (Å²) in [5, 5.41) is 6.72. The molecule has 0 saturated carbocycles. The van der Waals surface area contributed by atoms with Gasteiger partial charge in [0.05, 0.1) is 38.5 Å². The zero-order chi connectivity index (χ0) is 34.8. The molecular weight excluding hydrogens is 637 g/mol. The van der Waals surface area contributed by atoms with Crippen LogP contribution in [-0.4, -0.2) is 21.2 Å². The molecule has 5 nitrogen and oxygen atoms in total. The van der Waals surface area contributed by atoms with Crippen molar-refractivity contribution in [1.29, 1.82) is 0 Å². The number of hydrogen-bond acceptors (Lipinski definition) is 2. The molecule has 0 bridgehead atoms. The molecule has 52 heavy (non-hydrogen) atoms. The Morgan fingerprint density at radius 3 is 1.65 bits per heavy atom. The second-order valence-corrected chi connectivity index (χ2v) is 13.0. The standard InChI is InChI=1S/C47H32N4O/c1-3-48-47(49-30(2)31-15-6-4-7-16-31)32-17-14-20-34(29-32)51-40-24-13-11-22-38(40)44-42(51)28-26-36-35-25-27-41-43(45(35)52-46(36)44)37-21-10-12-23-39(37)50(41)33-18-8-5-9-19-33/h3-29H,2H2,1H3. The maximum Gasteiger partial charge on any atom is 0.159 e. The highest BCUT2D eigenvalue weighted by Crippen LogP contribution is 2.44. The van der Waals surface area contributed by atoms with Crippen molar-refractivity contribution in [2.75, 3.05) is 0 Å². The monoisotopic (exact) mass is 668 g/mol. The van der Waals surface area contributed by atoms with Crippen LogP contribution in [-0.2, 0) is 0 Å². The Balaban J connectivity index is 1.21. The fourth-order valence-electron chi connectivity index (χ4n) is 7.83. The van der Waals surface area contributed by atoms with Crippen molar-refractivity contribution < 1.29 is 4.42 Å². The lowest BCUT2D eigenvalue weighted by molar-refractivity contribution is 0.677. The van der Waals surface area contributed by atoms with E-state index in [1.54, 1.807) is 6.21 Å². The van der Waals surface area contributed by atoms with E-state index in [4.69, 9.17) is 9.41 Å². The van der Waals surface area contributed by atoms with E-state index >= 15 is 0 Å². The molecule has 0 aliphatic rings. The van der Waals surface area contributed by atoms with Gasteiger partial charge in [-0.25, -0.2) is 9.98 Å². The molecule has 246 valence electrons. The van der Waals surface area contributed by atoms with Crippen LogP contribution in [0.2, 0.25) is 0 Å². The second kappa shape index (κ2) is 11.8. The van der Waals surface area contributed by atoms with Gasteiger partial charge in [-0.05, 0) is 73.2 Å². The molecule has 10 aromatic rings. The minimum Gasteiger partial charge on any atom is -0.455 e.